The van der Waals surface area contributed by atoms with E-state index in [2.05, 4.69) is 5.10 Å². The number of rotatable bonds is 1. The molecule has 0 aliphatic heterocycles. The largest absolute Gasteiger partial charge is 0.481 e. The maximum absolute atomic E-state index is 10.6. The summed E-state index contributed by atoms with van der Waals surface area (Å²) in [6.07, 6.45) is 3.03. The zero-order chi connectivity index (χ0) is 8.72. The third-order valence-corrected chi connectivity index (χ3v) is 2.40. The summed E-state index contributed by atoms with van der Waals surface area (Å²) in [6, 6.07) is 0. The van der Waals surface area contributed by atoms with Gasteiger partial charge in [0.05, 0.1) is 12.1 Å². The molecule has 2 rings (SSSR count). The fourth-order valence-corrected chi connectivity index (χ4v) is 1.69. The second kappa shape index (κ2) is 2.33. The summed E-state index contributed by atoms with van der Waals surface area (Å²) in [4.78, 5) is 10.6. The van der Waals surface area contributed by atoms with Crippen molar-refractivity contribution in [3.05, 3.63) is 17.5 Å². The average molecular weight is 166 g/mol. The Morgan fingerprint density at radius 2 is 2.50 bits per heavy atom. The van der Waals surface area contributed by atoms with Crippen LogP contribution in [-0.4, -0.2) is 20.9 Å². The van der Waals surface area contributed by atoms with E-state index in [0.29, 0.717) is 12.8 Å². The van der Waals surface area contributed by atoms with Gasteiger partial charge in [-0.3, -0.25) is 9.48 Å². The van der Waals surface area contributed by atoms with Crippen LogP contribution >= 0.6 is 0 Å². The molecule has 0 unspecified atom stereocenters. The van der Waals surface area contributed by atoms with Crippen molar-refractivity contribution in [1.29, 1.82) is 0 Å². The zero-order valence-electron chi connectivity index (χ0n) is 6.82. The highest BCUT2D eigenvalue weighted by Gasteiger charge is 2.29. The van der Waals surface area contributed by atoms with Crippen molar-refractivity contribution in [2.24, 2.45) is 13.0 Å². The van der Waals surface area contributed by atoms with E-state index in [9.17, 15) is 4.79 Å². The lowest BCUT2D eigenvalue weighted by atomic mass is 10.1. The number of carboxylic acid groups (broad SMARTS) is 1. The normalized spacial score (nSPS) is 20.9. The van der Waals surface area contributed by atoms with E-state index in [1.807, 2.05) is 7.05 Å². The minimum atomic E-state index is -0.703. The van der Waals surface area contributed by atoms with Crippen molar-refractivity contribution in [3.63, 3.8) is 0 Å². The molecule has 0 radical (unpaired) electrons. The summed E-state index contributed by atoms with van der Waals surface area (Å²) in [5, 5.41) is 12.8. The molecule has 0 bridgehead atoms. The molecule has 1 aromatic heterocycles. The summed E-state index contributed by atoms with van der Waals surface area (Å²) in [6.45, 7) is 0. The number of fused-ring (bicyclic) bond motifs is 1. The summed E-state index contributed by atoms with van der Waals surface area (Å²) >= 11 is 0. The van der Waals surface area contributed by atoms with Gasteiger partial charge >= 0.3 is 5.97 Å². The molecular formula is C8H10N2O2. The Hall–Kier alpha value is -1.32. The highest BCUT2D eigenvalue weighted by Crippen LogP contribution is 2.25. The highest BCUT2D eigenvalue weighted by atomic mass is 16.4. The van der Waals surface area contributed by atoms with Gasteiger partial charge in [-0.05, 0) is 12.0 Å². The molecule has 1 heterocycles. The molecule has 0 spiro atoms. The summed E-state index contributed by atoms with van der Waals surface area (Å²) in [5.41, 5.74) is 2.16. The molecule has 0 fully saturated rings. The Balaban J connectivity index is 2.28. The fraction of sp³-hybridized carbons (Fsp3) is 0.500. The van der Waals surface area contributed by atoms with Gasteiger partial charge in [0.2, 0.25) is 0 Å². The standard InChI is InChI=1S/C8H10N2O2/c1-10-7-3-5(8(11)12)2-6(7)4-9-10/h4-5H,2-3H2,1H3,(H,11,12)/t5-/m0/s1. The van der Waals surface area contributed by atoms with E-state index in [1.165, 1.54) is 0 Å². The number of carboxylic acids is 1. The first-order valence-electron chi connectivity index (χ1n) is 3.91. The molecule has 4 nitrogen and oxygen atoms in total. The van der Waals surface area contributed by atoms with E-state index in [-0.39, 0.29) is 5.92 Å². The second-order valence-electron chi connectivity index (χ2n) is 3.18. The van der Waals surface area contributed by atoms with Gasteiger partial charge in [0.1, 0.15) is 0 Å². The third-order valence-electron chi connectivity index (χ3n) is 2.40. The van der Waals surface area contributed by atoms with Crippen LogP contribution in [0.25, 0.3) is 0 Å². The smallest absolute Gasteiger partial charge is 0.307 e. The number of hydrogen-bond acceptors (Lipinski definition) is 2. The van der Waals surface area contributed by atoms with Crippen molar-refractivity contribution in [3.8, 4) is 0 Å². The molecular weight excluding hydrogens is 156 g/mol. The first-order valence-corrected chi connectivity index (χ1v) is 3.91. The van der Waals surface area contributed by atoms with Crippen molar-refractivity contribution in [2.45, 2.75) is 12.8 Å². The maximum Gasteiger partial charge on any atom is 0.307 e. The topological polar surface area (TPSA) is 55.1 Å². The monoisotopic (exact) mass is 166 g/mol. The molecule has 0 amide bonds. The molecule has 1 N–H and O–H groups in total. The second-order valence-corrected chi connectivity index (χ2v) is 3.18. The minimum absolute atomic E-state index is 0.232. The summed E-state index contributed by atoms with van der Waals surface area (Å²) in [5.74, 6) is -0.935. The first-order chi connectivity index (χ1) is 5.68. The highest BCUT2D eigenvalue weighted by molar-refractivity contribution is 5.72. The van der Waals surface area contributed by atoms with E-state index >= 15 is 0 Å². The lowest BCUT2D eigenvalue weighted by molar-refractivity contribution is -0.141. The molecule has 0 aromatic carbocycles. The maximum atomic E-state index is 10.6. The van der Waals surface area contributed by atoms with Gasteiger partial charge in [-0.25, -0.2) is 0 Å². The predicted octanol–water partition coefficient (Wildman–Crippen LogP) is 0.219. The van der Waals surface area contributed by atoms with Crippen molar-refractivity contribution < 1.29 is 9.90 Å². The lowest BCUT2D eigenvalue weighted by Crippen LogP contribution is -2.14. The number of carbonyl (C=O) groups is 1. The van der Waals surface area contributed by atoms with E-state index in [1.54, 1.807) is 10.9 Å². The lowest BCUT2D eigenvalue weighted by Gasteiger charge is -2.01. The van der Waals surface area contributed by atoms with Gasteiger partial charge in [-0.1, -0.05) is 0 Å². The van der Waals surface area contributed by atoms with Crippen LogP contribution in [0.2, 0.25) is 0 Å². The Kier molecular flexibility index (Phi) is 1.43. The van der Waals surface area contributed by atoms with Gasteiger partial charge in [-0.2, -0.15) is 5.10 Å². The average Bonchev–Trinajstić information content (AvgIpc) is 2.53. The van der Waals surface area contributed by atoms with Gasteiger partial charge in [0, 0.05) is 19.2 Å². The van der Waals surface area contributed by atoms with Crippen LogP contribution < -0.4 is 0 Å². The number of hydrogen-bond donors (Lipinski definition) is 1. The van der Waals surface area contributed by atoms with Crippen molar-refractivity contribution in [1.82, 2.24) is 9.78 Å². The van der Waals surface area contributed by atoms with E-state index in [0.717, 1.165) is 11.3 Å². The molecule has 0 saturated carbocycles. The molecule has 1 aliphatic rings. The van der Waals surface area contributed by atoms with Crippen LogP contribution in [0.15, 0.2) is 6.20 Å². The molecule has 1 aromatic rings. The van der Waals surface area contributed by atoms with Crippen LogP contribution in [0.4, 0.5) is 0 Å². The van der Waals surface area contributed by atoms with Crippen LogP contribution in [0.1, 0.15) is 11.3 Å². The minimum Gasteiger partial charge on any atom is -0.481 e. The Morgan fingerprint density at radius 3 is 3.08 bits per heavy atom. The van der Waals surface area contributed by atoms with Crippen LogP contribution in [-0.2, 0) is 24.7 Å². The molecule has 1 aliphatic carbocycles. The Labute approximate surface area is 69.8 Å². The van der Waals surface area contributed by atoms with Crippen LogP contribution in [0.5, 0.6) is 0 Å². The van der Waals surface area contributed by atoms with Crippen molar-refractivity contribution in [2.75, 3.05) is 0 Å². The number of aromatic nitrogens is 2. The SMILES string of the molecule is Cn1ncc2c1C[C@@H](C(=O)O)C2. The fourth-order valence-electron chi connectivity index (χ4n) is 1.69. The molecule has 1 atom stereocenters. The van der Waals surface area contributed by atoms with Crippen LogP contribution in [0.3, 0.4) is 0 Å². The van der Waals surface area contributed by atoms with Gasteiger partial charge in [0.15, 0.2) is 0 Å². The number of nitrogens with zero attached hydrogens (tertiary/aromatic N) is 2. The molecule has 0 saturated heterocycles. The first kappa shape index (κ1) is 7.34. The number of aryl methyl sites for hydroxylation is 1. The molecule has 64 valence electrons. The molecule has 4 heteroatoms. The van der Waals surface area contributed by atoms with Gasteiger partial charge in [0.25, 0.3) is 0 Å². The van der Waals surface area contributed by atoms with Crippen molar-refractivity contribution >= 4 is 5.97 Å². The van der Waals surface area contributed by atoms with E-state index in [4.69, 9.17) is 5.11 Å². The predicted molar refractivity (Wildman–Crippen MR) is 41.7 cm³/mol. The van der Waals surface area contributed by atoms with Gasteiger partial charge < -0.3 is 5.11 Å². The number of aliphatic carboxylic acids is 1. The van der Waals surface area contributed by atoms with E-state index < -0.39 is 5.97 Å². The molecule has 12 heavy (non-hydrogen) atoms. The Bertz CT molecular complexity index is 330. The van der Waals surface area contributed by atoms with Gasteiger partial charge in [-0.15, -0.1) is 0 Å². The summed E-state index contributed by atoms with van der Waals surface area (Å²) in [7, 11) is 1.85. The third kappa shape index (κ3) is 0.913. The van der Waals surface area contributed by atoms with Crippen LogP contribution in [0, 0.1) is 5.92 Å². The zero-order valence-corrected chi connectivity index (χ0v) is 6.82. The Morgan fingerprint density at radius 1 is 1.75 bits per heavy atom. The summed E-state index contributed by atoms with van der Waals surface area (Å²) < 4.78 is 1.76. The quantitative estimate of drug-likeness (QED) is 0.649.